The molecule has 1 heterocycles. The molecule has 1 saturated heterocycles. The number of aliphatic hydroxyl groups is 1. The lowest BCUT2D eigenvalue weighted by atomic mass is 9.98. The average Bonchev–Trinajstić information content (AvgIpc) is 3.34. The van der Waals surface area contributed by atoms with Gasteiger partial charge < -0.3 is 14.7 Å². The van der Waals surface area contributed by atoms with Gasteiger partial charge in [-0.05, 0) is 42.7 Å². The van der Waals surface area contributed by atoms with Crippen LogP contribution in [0.1, 0.15) is 30.7 Å². The summed E-state index contributed by atoms with van der Waals surface area (Å²) in [7, 11) is 1.68. The summed E-state index contributed by atoms with van der Waals surface area (Å²) in [5, 5.41) is 9.29. The summed E-state index contributed by atoms with van der Waals surface area (Å²) in [6.45, 7) is 1.74. The van der Waals surface area contributed by atoms with Gasteiger partial charge in [-0.3, -0.25) is 4.79 Å². The summed E-state index contributed by atoms with van der Waals surface area (Å²) in [6, 6.07) is 7.97. The summed E-state index contributed by atoms with van der Waals surface area (Å²) < 4.78 is 5.40. The lowest BCUT2D eigenvalue weighted by Gasteiger charge is -2.32. The number of rotatable bonds is 4. The molecule has 4 heteroatoms. The van der Waals surface area contributed by atoms with Crippen molar-refractivity contribution in [2.24, 2.45) is 11.8 Å². The summed E-state index contributed by atoms with van der Waals surface area (Å²) in [4.78, 5) is 14.6. The minimum absolute atomic E-state index is 0.0961. The van der Waals surface area contributed by atoms with Crippen LogP contribution in [-0.2, 0) is 4.79 Å². The van der Waals surface area contributed by atoms with Gasteiger partial charge in [0.1, 0.15) is 5.75 Å². The number of hydrogen-bond acceptors (Lipinski definition) is 3. The van der Waals surface area contributed by atoms with Gasteiger partial charge in [-0.25, -0.2) is 0 Å². The number of methoxy groups -OCH3 is 1. The highest BCUT2D eigenvalue weighted by Gasteiger charge is 2.47. The van der Waals surface area contributed by atoms with Gasteiger partial charge in [0.25, 0.3) is 0 Å². The summed E-state index contributed by atoms with van der Waals surface area (Å²) in [5.74, 6) is 1.78. The van der Waals surface area contributed by atoms with Gasteiger partial charge in [-0.2, -0.15) is 0 Å². The van der Waals surface area contributed by atoms with Gasteiger partial charge in [0.15, 0.2) is 0 Å². The molecule has 1 saturated carbocycles. The van der Waals surface area contributed by atoms with E-state index in [1.165, 1.54) is 0 Å². The van der Waals surface area contributed by atoms with Gasteiger partial charge in [0.2, 0.25) is 5.91 Å². The standard InChI is InChI=1S/C17H23NO3/c1-21-16-7-3-2-6-13(16)14-9-15(14)17(20)18-8-4-5-12(10-18)11-19/h2-3,6-7,12,14-15,19H,4-5,8-11H2,1H3. The lowest BCUT2D eigenvalue weighted by molar-refractivity contribution is -0.134. The van der Waals surface area contributed by atoms with Crippen molar-refractivity contribution in [3.05, 3.63) is 29.8 Å². The van der Waals surface area contributed by atoms with Crippen LogP contribution >= 0.6 is 0 Å². The molecule has 1 amide bonds. The minimum Gasteiger partial charge on any atom is -0.496 e. The molecule has 1 aliphatic carbocycles. The highest BCUT2D eigenvalue weighted by Crippen LogP contribution is 2.51. The van der Waals surface area contributed by atoms with Crippen LogP contribution in [0.15, 0.2) is 24.3 Å². The predicted octanol–water partition coefficient (Wildman–Crippen LogP) is 2.03. The Kier molecular flexibility index (Phi) is 4.15. The molecule has 114 valence electrons. The van der Waals surface area contributed by atoms with Crippen molar-refractivity contribution in [3.8, 4) is 5.75 Å². The van der Waals surface area contributed by atoms with E-state index in [4.69, 9.17) is 4.74 Å². The van der Waals surface area contributed by atoms with Crippen molar-refractivity contribution >= 4 is 5.91 Å². The number of hydrogen-bond donors (Lipinski definition) is 1. The highest BCUT2D eigenvalue weighted by molar-refractivity contribution is 5.83. The van der Waals surface area contributed by atoms with E-state index in [-0.39, 0.29) is 24.3 Å². The van der Waals surface area contributed by atoms with Crippen molar-refractivity contribution in [3.63, 3.8) is 0 Å². The summed E-state index contributed by atoms with van der Waals surface area (Å²) >= 11 is 0. The lowest BCUT2D eigenvalue weighted by Crippen LogP contribution is -2.41. The van der Waals surface area contributed by atoms with Crippen LogP contribution in [0.3, 0.4) is 0 Å². The minimum atomic E-state index is 0.0961. The Morgan fingerprint density at radius 2 is 2.24 bits per heavy atom. The SMILES string of the molecule is COc1ccccc1C1CC1C(=O)N1CCCC(CO)C1. The monoisotopic (exact) mass is 289 g/mol. The maximum absolute atomic E-state index is 12.6. The Hall–Kier alpha value is -1.55. The second kappa shape index (κ2) is 6.06. The molecular formula is C17H23NO3. The van der Waals surface area contributed by atoms with Crippen molar-refractivity contribution in [1.29, 1.82) is 0 Å². The van der Waals surface area contributed by atoms with Gasteiger partial charge in [-0.1, -0.05) is 18.2 Å². The number of benzene rings is 1. The fraction of sp³-hybridized carbons (Fsp3) is 0.588. The topological polar surface area (TPSA) is 49.8 Å². The molecule has 4 nitrogen and oxygen atoms in total. The molecule has 3 unspecified atom stereocenters. The number of para-hydroxylation sites is 1. The molecule has 0 bridgehead atoms. The molecule has 0 spiro atoms. The second-order valence-electron chi connectivity index (χ2n) is 6.17. The van der Waals surface area contributed by atoms with Crippen LogP contribution in [0.4, 0.5) is 0 Å². The summed E-state index contributed by atoms with van der Waals surface area (Å²) in [6.07, 6.45) is 2.95. The normalized spacial score (nSPS) is 28.3. The number of ether oxygens (including phenoxy) is 1. The second-order valence-corrected chi connectivity index (χ2v) is 6.17. The number of aliphatic hydroxyl groups excluding tert-OH is 1. The Balaban J connectivity index is 1.65. The molecule has 0 aromatic heterocycles. The first-order valence-corrected chi connectivity index (χ1v) is 7.77. The van der Waals surface area contributed by atoms with E-state index in [0.717, 1.165) is 37.1 Å². The number of piperidine rings is 1. The van der Waals surface area contributed by atoms with Gasteiger partial charge >= 0.3 is 0 Å². The van der Waals surface area contributed by atoms with Crippen molar-refractivity contribution in [1.82, 2.24) is 4.90 Å². The van der Waals surface area contributed by atoms with Crippen LogP contribution in [-0.4, -0.2) is 42.7 Å². The van der Waals surface area contributed by atoms with E-state index in [0.29, 0.717) is 12.5 Å². The molecule has 21 heavy (non-hydrogen) atoms. The highest BCUT2D eigenvalue weighted by atomic mass is 16.5. The van der Waals surface area contributed by atoms with Crippen LogP contribution < -0.4 is 4.74 Å². The number of amides is 1. The third kappa shape index (κ3) is 2.91. The largest absolute Gasteiger partial charge is 0.496 e. The van der Waals surface area contributed by atoms with E-state index in [9.17, 15) is 9.90 Å². The fourth-order valence-electron chi connectivity index (χ4n) is 3.43. The average molecular weight is 289 g/mol. The first-order valence-electron chi connectivity index (χ1n) is 7.77. The first kappa shape index (κ1) is 14.4. The number of likely N-dealkylation sites (tertiary alicyclic amines) is 1. The van der Waals surface area contributed by atoms with Crippen LogP contribution in [0, 0.1) is 11.8 Å². The third-order valence-electron chi connectivity index (χ3n) is 4.73. The van der Waals surface area contributed by atoms with Crippen molar-refractivity contribution in [2.75, 3.05) is 26.8 Å². The van der Waals surface area contributed by atoms with Gasteiger partial charge in [0, 0.05) is 25.6 Å². The molecule has 3 rings (SSSR count). The van der Waals surface area contributed by atoms with E-state index >= 15 is 0 Å². The van der Waals surface area contributed by atoms with Crippen molar-refractivity contribution in [2.45, 2.75) is 25.2 Å². The molecule has 2 aliphatic rings. The quantitative estimate of drug-likeness (QED) is 0.922. The summed E-state index contributed by atoms with van der Waals surface area (Å²) in [5.41, 5.74) is 1.15. The molecule has 0 radical (unpaired) electrons. The zero-order valence-electron chi connectivity index (χ0n) is 12.5. The number of nitrogens with zero attached hydrogens (tertiary/aromatic N) is 1. The molecule has 1 aromatic carbocycles. The van der Waals surface area contributed by atoms with E-state index in [2.05, 4.69) is 6.07 Å². The zero-order valence-corrected chi connectivity index (χ0v) is 12.5. The zero-order chi connectivity index (χ0) is 14.8. The van der Waals surface area contributed by atoms with Gasteiger partial charge in [0.05, 0.1) is 7.11 Å². The Morgan fingerprint density at radius 3 is 3.00 bits per heavy atom. The van der Waals surface area contributed by atoms with Crippen LogP contribution in [0.25, 0.3) is 0 Å². The Morgan fingerprint density at radius 1 is 1.43 bits per heavy atom. The van der Waals surface area contributed by atoms with Crippen LogP contribution in [0.2, 0.25) is 0 Å². The Labute approximate surface area is 125 Å². The Bertz CT molecular complexity index is 517. The maximum Gasteiger partial charge on any atom is 0.226 e. The molecule has 1 aromatic rings. The maximum atomic E-state index is 12.6. The number of carbonyl (C=O) groups is 1. The first-order chi connectivity index (χ1) is 10.2. The number of carbonyl (C=O) groups excluding carboxylic acids is 1. The fourth-order valence-corrected chi connectivity index (χ4v) is 3.43. The third-order valence-corrected chi connectivity index (χ3v) is 4.73. The molecular weight excluding hydrogens is 266 g/mol. The van der Waals surface area contributed by atoms with Crippen molar-refractivity contribution < 1.29 is 14.6 Å². The van der Waals surface area contributed by atoms with E-state index < -0.39 is 0 Å². The van der Waals surface area contributed by atoms with E-state index in [1.54, 1.807) is 7.11 Å². The molecule has 3 atom stereocenters. The van der Waals surface area contributed by atoms with Gasteiger partial charge in [-0.15, -0.1) is 0 Å². The molecule has 1 aliphatic heterocycles. The smallest absolute Gasteiger partial charge is 0.226 e. The van der Waals surface area contributed by atoms with Crippen LogP contribution in [0.5, 0.6) is 5.75 Å². The molecule has 2 fully saturated rings. The molecule has 1 N–H and O–H groups in total. The predicted molar refractivity (Wildman–Crippen MR) is 80.2 cm³/mol. The van der Waals surface area contributed by atoms with E-state index in [1.807, 2.05) is 23.1 Å².